The van der Waals surface area contributed by atoms with E-state index in [-0.39, 0.29) is 12.1 Å². The molecule has 2 unspecified atom stereocenters. The van der Waals surface area contributed by atoms with Gasteiger partial charge in [0.2, 0.25) is 0 Å². The highest BCUT2D eigenvalue weighted by molar-refractivity contribution is 6.08. The Morgan fingerprint density at radius 3 is 2.63 bits per heavy atom. The van der Waals surface area contributed by atoms with Crippen molar-refractivity contribution in [2.24, 2.45) is 10.9 Å². The van der Waals surface area contributed by atoms with E-state index in [2.05, 4.69) is 10.3 Å². The van der Waals surface area contributed by atoms with Gasteiger partial charge in [0.25, 0.3) is 0 Å². The van der Waals surface area contributed by atoms with Gasteiger partial charge in [0.1, 0.15) is 24.4 Å². The lowest BCUT2D eigenvalue weighted by Gasteiger charge is -2.30. The molecule has 0 aromatic heterocycles. The lowest BCUT2D eigenvalue weighted by atomic mass is 9.88. The van der Waals surface area contributed by atoms with Gasteiger partial charge in [-0.3, -0.25) is 4.79 Å². The number of carbonyl (C=O) groups is 2. The van der Waals surface area contributed by atoms with Crippen LogP contribution in [0.2, 0.25) is 0 Å². The maximum Gasteiger partial charge on any atom is 0.341 e. The summed E-state index contributed by atoms with van der Waals surface area (Å²) in [6, 6.07) is 16.4. The smallest absolute Gasteiger partial charge is 0.341 e. The van der Waals surface area contributed by atoms with E-state index in [4.69, 9.17) is 9.47 Å². The Balaban J connectivity index is 1.53. The molecule has 1 heterocycles. The highest BCUT2D eigenvalue weighted by atomic mass is 16.5. The molecule has 1 aliphatic heterocycles. The van der Waals surface area contributed by atoms with Gasteiger partial charge in [0.15, 0.2) is 0 Å². The van der Waals surface area contributed by atoms with Crippen molar-refractivity contribution >= 4 is 17.7 Å². The Morgan fingerprint density at radius 1 is 1.10 bits per heavy atom. The number of ether oxygens (including phenoxy) is 2. The van der Waals surface area contributed by atoms with E-state index in [0.29, 0.717) is 18.1 Å². The summed E-state index contributed by atoms with van der Waals surface area (Å²) in [6.07, 6.45) is 3.92. The van der Waals surface area contributed by atoms with E-state index in [1.807, 2.05) is 54.6 Å². The molecule has 156 valence electrons. The summed E-state index contributed by atoms with van der Waals surface area (Å²) < 4.78 is 11.7. The molecule has 1 fully saturated rings. The summed E-state index contributed by atoms with van der Waals surface area (Å²) in [7, 11) is 0. The number of amides is 2. The number of aliphatic imine (C=N–C) groups is 1. The number of nitrogens with one attached hydrogen (secondary N) is 1. The topological polar surface area (TPSA) is 77.0 Å². The molecule has 1 N–H and O–H groups in total. The van der Waals surface area contributed by atoms with Gasteiger partial charge in [-0.05, 0) is 55.9 Å². The second kappa shape index (κ2) is 9.11. The molecule has 0 radical (unpaired) electrons. The summed E-state index contributed by atoms with van der Waals surface area (Å²) in [4.78, 5) is 29.0. The fraction of sp³-hybridized carbons (Fsp3) is 0.375. The maximum absolute atomic E-state index is 13.0. The van der Waals surface area contributed by atoms with Crippen molar-refractivity contribution in [1.82, 2.24) is 5.32 Å². The van der Waals surface area contributed by atoms with Crippen LogP contribution in [0.1, 0.15) is 49.8 Å². The van der Waals surface area contributed by atoms with E-state index >= 15 is 0 Å². The van der Waals surface area contributed by atoms with Gasteiger partial charge in [0.05, 0.1) is 6.04 Å². The van der Waals surface area contributed by atoms with E-state index < -0.39 is 18.0 Å². The molecule has 2 amide bonds. The number of carbonyl (C=O) groups excluding carboxylic acids is 2. The summed E-state index contributed by atoms with van der Waals surface area (Å²) in [5.74, 6) is -0.301. The van der Waals surface area contributed by atoms with Crippen molar-refractivity contribution in [3.05, 3.63) is 65.7 Å². The van der Waals surface area contributed by atoms with Crippen molar-refractivity contribution in [3.8, 4) is 5.75 Å². The minimum absolute atomic E-state index is 0.0379. The molecule has 2 aromatic carbocycles. The Hall–Kier alpha value is -3.15. The first-order valence-electron chi connectivity index (χ1n) is 10.4. The van der Waals surface area contributed by atoms with E-state index in [1.165, 1.54) is 0 Å². The molecule has 6 heteroatoms. The summed E-state index contributed by atoms with van der Waals surface area (Å²) >= 11 is 0. The number of rotatable bonds is 6. The molecule has 1 saturated carbocycles. The molecule has 1 aliphatic carbocycles. The molecule has 4 rings (SSSR count). The van der Waals surface area contributed by atoms with Gasteiger partial charge in [-0.1, -0.05) is 42.5 Å². The Kier molecular flexibility index (Phi) is 6.12. The molecule has 2 atom stereocenters. The molecule has 2 aromatic rings. The van der Waals surface area contributed by atoms with Gasteiger partial charge >= 0.3 is 12.0 Å². The largest absolute Gasteiger partial charge is 0.489 e. The predicted octanol–water partition coefficient (Wildman–Crippen LogP) is 4.59. The Bertz CT molecular complexity index is 935. The van der Waals surface area contributed by atoms with Crippen molar-refractivity contribution in [2.45, 2.75) is 51.4 Å². The molecule has 6 nitrogen and oxygen atoms in total. The van der Waals surface area contributed by atoms with Crippen LogP contribution < -0.4 is 10.1 Å². The highest BCUT2D eigenvalue weighted by Gasteiger charge is 2.39. The number of hydrogen-bond acceptors (Lipinski definition) is 4. The van der Waals surface area contributed by atoms with Crippen LogP contribution in [0.25, 0.3) is 0 Å². The monoisotopic (exact) mass is 406 g/mol. The van der Waals surface area contributed by atoms with Gasteiger partial charge in [0, 0.05) is 5.71 Å². The van der Waals surface area contributed by atoms with Gasteiger partial charge in [-0.15, -0.1) is 0 Å². The first-order valence-corrected chi connectivity index (χ1v) is 10.4. The number of benzene rings is 2. The molecule has 2 aliphatic rings. The van der Waals surface area contributed by atoms with Crippen molar-refractivity contribution < 1.29 is 19.1 Å². The quantitative estimate of drug-likeness (QED) is 0.712. The van der Waals surface area contributed by atoms with Crippen LogP contribution >= 0.6 is 0 Å². The molecule has 30 heavy (non-hydrogen) atoms. The third-order valence-electron chi connectivity index (χ3n) is 5.64. The average molecular weight is 406 g/mol. The van der Waals surface area contributed by atoms with Crippen LogP contribution in [0, 0.1) is 5.92 Å². The normalized spacial score (nSPS) is 21.6. The van der Waals surface area contributed by atoms with Crippen molar-refractivity contribution in [3.63, 3.8) is 0 Å². The van der Waals surface area contributed by atoms with Gasteiger partial charge < -0.3 is 14.8 Å². The lowest BCUT2D eigenvalue weighted by Crippen LogP contribution is -2.44. The van der Waals surface area contributed by atoms with E-state index in [9.17, 15) is 9.59 Å². The number of nitrogens with zero attached hydrogens (tertiary/aromatic N) is 1. The average Bonchev–Trinajstić information content (AvgIpc) is 3.25. The first-order chi connectivity index (χ1) is 14.6. The Labute approximate surface area is 176 Å². The number of hydrogen-bond donors (Lipinski definition) is 1. The summed E-state index contributed by atoms with van der Waals surface area (Å²) in [6.45, 7) is 2.15. The fourth-order valence-electron chi connectivity index (χ4n) is 4.08. The van der Waals surface area contributed by atoms with Crippen LogP contribution in [0.4, 0.5) is 4.79 Å². The number of urea groups is 1. The minimum Gasteiger partial charge on any atom is -0.489 e. The molecule has 0 bridgehead atoms. The van der Waals surface area contributed by atoms with Crippen LogP contribution in [0.3, 0.4) is 0 Å². The third kappa shape index (κ3) is 4.70. The highest BCUT2D eigenvalue weighted by Crippen LogP contribution is 2.32. The van der Waals surface area contributed by atoms with Crippen LogP contribution in [0.15, 0.2) is 59.6 Å². The summed E-state index contributed by atoms with van der Waals surface area (Å²) in [5, 5.41) is 2.84. The second-order valence-corrected chi connectivity index (χ2v) is 7.85. The zero-order valence-electron chi connectivity index (χ0n) is 17.0. The minimum atomic E-state index is -0.646. The van der Waals surface area contributed by atoms with Gasteiger partial charge in [-0.25, -0.2) is 9.79 Å². The zero-order chi connectivity index (χ0) is 20.9. The van der Waals surface area contributed by atoms with Crippen LogP contribution in [0.5, 0.6) is 5.75 Å². The standard InChI is InChI=1S/C24H26N2O4/c1-16-21(23(27)30-19-11-5-6-12-19)22(26-24(28)25-16)18-10-7-13-20(14-18)29-15-17-8-3-2-4-9-17/h2-4,7-10,13-14,19,21-22H,5-6,11-12,15H2,1H3,(H,26,28). The Morgan fingerprint density at radius 2 is 1.87 bits per heavy atom. The van der Waals surface area contributed by atoms with Crippen molar-refractivity contribution in [2.75, 3.05) is 0 Å². The van der Waals surface area contributed by atoms with Crippen LogP contribution in [-0.4, -0.2) is 23.8 Å². The lowest BCUT2D eigenvalue weighted by molar-refractivity contribution is -0.152. The van der Waals surface area contributed by atoms with E-state index in [1.54, 1.807) is 6.92 Å². The predicted molar refractivity (Wildman–Crippen MR) is 113 cm³/mol. The third-order valence-corrected chi connectivity index (χ3v) is 5.64. The SMILES string of the molecule is CC1=NC(=O)NC(c2cccc(OCc3ccccc3)c2)C1C(=O)OC1CCCC1. The van der Waals surface area contributed by atoms with Gasteiger partial charge in [-0.2, -0.15) is 0 Å². The molecular formula is C24H26N2O4. The molecule has 0 spiro atoms. The zero-order valence-corrected chi connectivity index (χ0v) is 17.0. The fourth-order valence-corrected chi connectivity index (χ4v) is 4.08. The summed E-state index contributed by atoms with van der Waals surface area (Å²) in [5.41, 5.74) is 2.33. The second-order valence-electron chi connectivity index (χ2n) is 7.85. The van der Waals surface area contributed by atoms with Crippen LogP contribution in [-0.2, 0) is 16.1 Å². The maximum atomic E-state index is 13.0. The molecular weight excluding hydrogens is 380 g/mol. The molecule has 0 saturated heterocycles. The van der Waals surface area contributed by atoms with Crippen molar-refractivity contribution in [1.29, 1.82) is 0 Å². The first kappa shape index (κ1) is 20.1. The number of esters is 1. The van der Waals surface area contributed by atoms with E-state index in [0.717, 1.165) is 36.8 Å².